The number of halogens is 1. The lowest BCUT2D eigenvalue weighted by Gasteiger charge is -2.26. The molecule has 2 aromatic carbocycles. The van der Waals surface area contributed by atoms with Crippen LogP contribution in [0.3, 0.4) is 0 Å². The van der Waals surface area contributed by atoms with E-state index < -0.39 is 5.97 Å². The molecule has 8 heteroatoms. The number of nitrogens with one attached hydrogen (secondary N) is 1. The van der Waals surface area contributed by atoms with E-state index in [1.54, 1.807) is 18.3 Å². The van der Waals surface area contributed by atoms with E-state index in [4.69, 9.17) is 28.2 Å². The lowest BCUT2D eigenvalue weighted by atomic mass is 10.0. The second-order valence-electron chi connectivity index (χ2n) is 8.94. The van der Waals surface area contributed by atoms with Gasteiger partial charge in [0.2, 0.25) is 0 Å². The minimum atomic E-state index is -1.03. The third-order valence-corrected chi connectivity index (χ3v) is 6.98. The minimum Gasteiger partial charge on any atom is -0.478 e. The topological polar surface area (TPSA) is 78.6 Å². The van der Waals surface area contributed by atoms with Crippen molar-refractivity contribution < 1.29 is 14.3 Å². The van der Waals surface area contributed by atoms with Crippen molar-refractivity contribution in [3.8, 4) is 11.3 Å². The maximum atomic E-state index is 11.5. The summed E-state index contributed by atoms with van der Waals surface area (Å²) in [4.78, 5) is 18.1. The average molecular weight is 518 g/mol. The van der Waals surface area contributed by atoms with Crippen molar-refractivity contribution in [1.29, 1.82) is 0 Å². The zero-order chi connectivity index (χ0) is 25.4. The molecule has 0 amide bonds. The van der Waals surface area contributed by atoms with Gasteiger partial charge in [-0.15, -0.1) is 0 Å². The predicted molar refractivity (Wildman–Crippen MR) is 145 cm³/mol. The molecule has 2 aromatic heterocycles. The van der Waals surface area contributed by atoms with Gasteiger partial charge in [0.15, 0.2) is 5.11 Å². The SMILES string of the molecule is CC(C)c1ccc(N2C(=S)N[C@H](c3ccccn3)[C@@H]2c2ccc(-c3cc(C(=O)O)ccc3Cl)o2)cc1. The van der Waals surface area contributed by atoms with Crippen LogP contribution in [0.4, 0.5) is 5.69 Å². The first-order chi connectivity index (χ1) is 17.3. The van der Waals surface area contributed by atoms with Gasteiger partial charge in [-0.25, -0.2) is 4.79 Å². The largest absolute Gasteiger partial charge is 0.478 e. The fourth-order valence-electron chi connectivity index (χ4n) is 4.45. The number of carboxylic acids is 1. The number of thiocarbonyl (C=S) groups is 1. The molecule has 182 valence electrons. The Bertz CT molecular complexity index is 1420. The van der Waals surface area contributed by atoms with E-state index in [0.717, 1.165) is 11.4 Å². The molecule has 1 aliphatic heterocycles. The third kappa shape index (κ3) is 4.47. The lowest BCUT2D eigenvalue weighted by Crippen LogP contribution is -2.29. The van der Waals surface area contributed by atoms with Gasteiger partial charge in [-0.1, -0.05) is 43.6 Å². The van der Waals surface area contributed by atoms with Gasteiger partial charge >= 0.3 is 5.97 Å². The molecule has 0 bridgehead atoms. The van der Waals surface area contributed by atoms with Crippen LogP contribution in [0, 0.1) is 0 Å². The van der Waals surface area contributed by atoms with Crippen LogP contribution in [0.5, 0.6) is 0 Å². The fraction of sp³-hybridized carbons (Fsp3) is 0.179. The maximum Gasteiger partial charge on any atom is 0.335 e. The number of anilines is 1. The Morgan fingerprint density at radius 2 is 1.89 bits per heavy atom. The summed E-state index contributed by atoms with van der Waals surface area (Å²) in [7, 11) is 0. The molecule has 5 rings (SSSR count). The molecule has 6 nitrogen and oxygen atoms in total. The Labute approximate surface area is 219 Å². The molecule has 0 spiro atoms. The highest BCUT2D eigenvalue weighted by molar-refractivity contribution is 7.80. The summed E-state index contributed by atoms with van der Waals surface area (Å²) in [6, 6.07) is 21.8. The number of carboxylic acid groups (broad SMARTS) is 1. The van der Waals surface area contributed by atoms with Gasteiger partial charge < -0.3 is 19.7 Å². The summed E-state index contributed by atoms with van der Waals surface area (Å²) >= 11 is 12.2. The number of pyridine rings is 1. The smallest absolute Gasteiger partial charge is 0.335 e. The van der Waals surface area contributed by atoms with Crippen LogP contribution in [0.2, 0.25) is 5.02 Å². The molecular weight excluding hydrogens is 494 g/mol. The van der Waals surface area contributed by atoms with Gasteiger partial charge in [0.05, 0.1) is 22.3 Å². The number of benzene rings is 2. The van der Waals surface area contributed by atoms with Gasteiger partial charge in [-0.05, 0) is 78.3 Å². The molecule has 3 heterocycles. The molecule has 2 N–H and O–H groups in total. The number of aromatic nitrogens is 1. The number of carbonyl (C=O) groups is 1. The number of nitrogens with zero attached hydrogens (tertiary/aromatic N) is 2. The average Bonchev–Trinajstić information content (AvgIpc) is 3.49. The Balaban J connectivity index is 1.59. The summed E-state index contributed by atoms with van der Waals surface area (Å²) in [5.41, 5.74) is 3.65. The summed E-state index contributed by atoms with van der Waals surface area (Å²) < 4.78 is 6.34. The molecular formula is C28H24ClN3O3S. The van der Waals surface area contributed by atoms with Crippen LogP contribution in [-0.2, 0) is 0 Å². The first kappa shape index (κ1) is 24.0. The van der Waals surface area contributed by atoms with Gasteiger partial charge in [-0.2, -0.15) is 0 Å². The quantitative estimate of drug-likeness (QED) is 0.267. The van der Waals surface area contributed by atoms with E-state index in [9.17, 15) is 9.90 Å². The molecule has 1 saturated heterocycles. The van der Waals surface area contributed by atoms with Gasteiger partial charge in [-0.3, -0.25) is 4.98 Å². The molecule has 1 fully saturated rings. The number of aromatic carboxylic acids is 1. The van der Waals surface area contributed by atoms with Crippen molar-refractivity contribution in [2.75, 3.05) is 4.90 Å². The highest BCUT2D eigenvalue weighted by Crippen LogP contribution is 2.43. The Hall–Kier alpha value is -3.68. The lowest BCUT2D eigenvalue weighted by molar-refractivity contribution is 0.0697. The normalized spacial score (nSPS) is 17.4. The molecule has 0 saturated carbocycles. The van der Waals surface area contributed by atoms with Crippen LogP contribution in [-0.4, -0.2) is 21.2 Å². The zero-order valence-electron chi connectivity index (χ0n) is 19.7. The first-order valence-electron chi connectivity index (χ1n) is 11.6. The molecule has 0 unspecified atom stereocenters. The minimum absolute atomic E-state index is 0.134. The van der Waals surface area contributed by atoms with E-state index in [1.807, 2.05) is 29.2 Å². The fourth-order valence-corrected chi connectivity index (χ4v) is 5.00. The summed E-state index contributed by atoms with van der Waals surface area (Å²) in [6.45, 7) is 4.32. The van der Waals surface area contributed by atoms with E-state index in [0.29, 0.717) is 33.1 Å². The van der Waals surface area contributed by atoms with Crippen LogP contribution in [0.15, 0.2) is 83.4 Å². The summed E-state index contributed by atoms with van der Waals surface area (Å²) in [6.07, 6.45) is 1.75. The van der Waals surface area contributed by atoms with Crippen molar-refractivity contribution in [1.82, 2.24) is 10.3 Å². The van der Waals surface area contributed by atoms with Crippen molar-refractivity contribution in [3.63, 3.8) is 0 Å². The predicted octanol–water partition coefficient (Wildman–Crippen LogP) is 6.99. The standard InChI is InChI=1S/C28H24ClN3O3S/c1-16(2)17-6-9-19(10-7-17)32-26(25(31-28(32)36)22-5-3-4-14-30-22)24-13-12-23(35-24)20-15-18(27(33)34)8-11-21(20)29/h3-16,25-26H,1-2H3,(H,31,36)(H,33,34)/t25-,26+/m1/s1. The van der Waals surface area contributed by atoms with Crippen molar-refractivity contribution in [3.05, 3.63) is 107 Å². The first-order valence-corrected chi connectivity index (χ1v) is 12.4. The zero-order valence-corrected chi connectivity index (χ0v) is 21.3. The van der Waals surface area contributed by atoms with Crippen LogP contribution in [0.25, 0.3) is 11.3 Å². The number of rotatable bonds is 6. The molecule has 4 aromatic rings. The van der Waals surface area contributed by atoms with E-state index in [-0.39, 0.29) is 17.6 Å². The Morgan fingerprint density at radius 3 is 2.56 bits per heavy atom. The Morgan fingerprint density at radius 1 is 1.11 bits per heavy atom. The monoisotopic (exact) mass is 517 g/mol. The van der Waals surface area contributed by atoms with E-state index >= 15 is 0 Å². The molecule has 1 aliphatic rings. The van der Waals surface area contributed by atoms with Crippen molar-refractivity contribution in [2.45, 2.75) is 31.8 Å². The molecule has 2 atom stereocenters. The molecule has 36 heavy (non-hydrogen) atoms. The van der Waals surface area contributed by atoms with Crippen molar-refractivity contribution in [2.24, 2.45) is 0 Å². The second-order valence-corrected chi connectivity index (χ2v) is 9.74. The summed E-state index contributed by atoms with van der Waals surface area (Å²) in [5.74, 6) is 0.513. The molecule has 0 aliphatic carbocycles. The van der Waals surface area contributed by atoms with E-state index in [2.05, 4.69) is 48.4 Å². The van der Waals surface area contributed by atoms with E-state index in [1.165, 1.54) is 17.7 Å². The Kier molecular flexibility index (Phi) is 6.51. The third-order valence-electron chi connectivity index (χ3n) is 6.33. The van der Waals surface area contributed by atoms with Gasteiger partial charge in [0.25, 0.3) is 0 Å². The highest BCUT2D eigenvalue weighted by Gasteiger charge is 2.42. The molecule has 0 radical (unpaired) electrons. The van der Waals surface area contributed by atoms with Crippen LogP contribution >= 0.6 is 23.8 Å². The van der Waals surface area contributed by atoms with Gasteiger partial charge in [0, 0.05) is 17.4 Å². The van der Waals surface area contributed by atoms with Gasteiger partial charge in [0.1, 0.15) is 17.6 Å². The van der Waals surface area contributed by atoms with Crippen LogP contribution < -0.4 is 10.2 Å². The summed E-state index contributed by atoms with van der Waals surface area (Å²) in [5, 5.41) is 13.8. The number of hydrogen-bond acceptors (Lipinski definition) is 4. The van der Waals surface area contributed by atoms with Crippen molar-refractivity contribution >= 4 is 40.6 Å². The van der Waals surface area contributed by atoms with Crippen LogP contribution in [0.1, 0.15) is 59.2 Å². The number of hydrogen-bond donors (Lipinski definition) is 2. The maximum absolute atomic E-state index is 11.5. The number of furan rings is 1. The second kappa shape index (κ2) is 9.76. The highest BCUT2D eigenvalue weighted by atomic mass is 35.5.